The Labute approximate surface area is 138 Å². The first-order valence-corrected chi connectivity index (χ1v) is 8.14. The summed E-state index contributed by atoms with van der Waals surface area (Å²) >= 11 is 1.39. The fourth-order valence-corrected chi connectivity index (χ4v) is 2.79. The molecule has 0 unspecified atom stereocenters. The molecular weight excluding hydrogens is 308 g/mol. The number of hydrogen-bond acceptors (Lipinski definition) is 5. The van der Waals surface area contributed by atoms with E-state index in [1.165, 1.54) is 35.5 Å². The van der Waals surface area contributed by atoms with E-state index >= 15 is 0 Å². The van der Waals surface area contributed by atoms with Crippen molar-refractivity contribution in [2.45, 2.75) is 19.8 Å². The lowest BCUT2D eigenvalue weighted by molar-refractivity contribution is 0.102. The van der Waals surface area contributed by atoms with Crippen LogP contribution in [0.3, 0.4) is 0 Å². The number of nitrogens with one attached hydrogen (secondary N) is 1. The Balaban J connectivity index is 1.74. The predicted octanol–water partition coefficient (Wildman–Crippen LogP) is 3.98. The fraction of sp³-hybridized carbons (Fsp3) is 0.176. The summed E-state index contributed by atoms with van der Waals surface area (Å²) in [6.45, 7) is 4.33. The highest BCUT2D eigenvalue weighted by Gasteiger charge is 2.11. The molecule has 0 aliphatic carbocycles. The van der Waals surface area contributed by atoms with E-state index in [1.807, 2.05) is 5.38 Å². The van der Waals surface area contributed by atoms with Gasteiger partial charge in [-0.1, -0.05) is 38.1 Å². The number of thiazole rings is 1. The van der Waals surface area contributed by atoms with Gasteiger partial charge in [0.15, 0.2) is 5.13 Å². The third-order valence-electron chi connectivity index (χ3n) is 3.39. The summed E-state index contributed by atoms with van der Waals surface area (Å²) in [6, 6.07) is 8.33. The molecule has 0 atom stereocenters. The Morgan fingerprint density at radius 2 is 1.96 bits per heavy atom. The maximum atomic E-state index is 12.0. The number of aromatic nitrogens is 3. The van der Waals surface area contributed by atoms with Crippen molar-refractivity contribution in [3.05, 3.63) is 59.5 Å². The molecular formula is C17H16N4OS. The minimum atomic E-state index is -0.311. The molecule has 0 bridgehead atoms. The van der Waals surface area contributed by atoms with E-state index in [0.717, 1.165) is 11.3 Å². The van der Waals surface area contributed by atoms with Crippen LogP contribution in [0, 0.1) is 0 Å². The van der Waals surface area contributed by atoms with Crippen LogP contribution in [0.1, 0.15) is 35.8 Å². The second kappa shape index (κ2) is 6.66. The van der Waals surface area contributed by atoms with Crippen LogP contribution < -0.4 is 5.32 Å². The van der Waals surface area contributed by atoms with Crippen LogP contribution in [0.15, 0.2) is 48.2 Å². The van der Waals surface area contributed by atoms with Crippen molar-refractivity contribution in [2.24, 2.45) is 0 Å². The molecule has 1 amide bonds. The zero-order valence-electron chi connectivity index (χ0n) is 12.9. The lowest BCUT2D eigenvalue weighted by Crippen LogP contribution is -2.13. The van der Waals surface area contributed by atoms with E-state index in [0.29, 0.717) is 11.0 Å². The molecule has 116 valence electrons. The Kier molecular flexibility index (Phi) is 4.43. The van der Waals surface area contributed by atoms with Crippen molar-refractivity contribution in [1.82, 2.24) is 15.0 Å². The number of rotatable bonds is 4. The fourth-order valence-electron chi connectivity index (χ4n) is 2.08. The average Bonchev–Trinajstić information content (AvgIpc) is 3.04. The number of nitrogens with zero attached hydrogens (tertiary/aromatic N) is 3. The van der Waals surface area contributed by atoms with Crippen LogP contribution in [0.25, 0.3) is 11.3 Å². The first kappa shape index (κ1) is 15.3. The van der Waals surface area contributed by atoms with E-state index in [9.17, 15) is 4.79 Å². The summed E-state index contributed by atoms with van der Waals surface area (Å²) in [6.07, 6.45) is 4.44. The molecule has 5 nitrogen and oxygen atoms in total. The molecule has 0 fully saturated rings. The van der Waals surface area contributed by atoms with Gasteiger partial charge < -0.3 is 0 Å². The smallest absolute Gasteiger partial charge is 0.277 e. The number of carbonyl (C=O) groups excluding carboxylic acids is 1. The summed E-state index contributed by atoms with van der Waals surface area (Å²) in [5, 5.41) is 5.22. The van der Waals surface area contributed by atoms with Gasteiger partial charge in [-0.25, -0.2) is 9.97 Å². The zero-order chi connectivity index (χ0) is 16.2. The van der Waals surface area contributed by atoms with Crippen LogP contribution in [0.4, 0.5) is 5.13 Å². The largest absolute Gasteiger partial charge is 0.296 e. The summed E-state index contributed by atoms with van der Waals surface area (Å²) in [5.41, 5.74) is 3.44. The van der Waals surface area contributed by atoms with Gasteiger partial charge in [-0.05, 0) is 11.5 Å². The van der Waals surface area contributed by atoms with Crippen LogP contribution in [0.5, 0.6) is 0 Å². The number of amides is 1. The summed E-state index contributed by atoms with van der Waals surface area (Å²) < 4.78 is 0. The minimum Gasteiger partial charge on any atom is -0.296 e. The van der Waals surface area contributed by atoms with Crippen LogP contribution in [-0.4, -0.2) is 20.9 Å². The van der Waals surface area contributed by atoms with Gasteiger partial charge in [-0.15, -0.1) is 11.3 Å². The Hall–Kier alpha value is -2.60. The highest BCUT2D eigenvalue weighted by molar-refractivity contribution is 7.14. The van der Waals surface area contributed by atoms with Gasteiger partial charge in [0.2, 0.25) is 0 Å². The number of anilines is 1. The van der Waals surface area contributed by atoms with E-state index in [-0.39, 0.29) is 11.6 Å². The lowest BCUT2D eigenvalue weighted by Gasteiger charge is -2.05. The van der Waals surface area contributed by atoms with Crippen LogP contribution in [-0.2, 0) is 0 Å². The number of hydrogen-bond donors (Lipinski definition) is 1. The topological polar surface area (TPSA) is 67.8 Å². The van der Waals surface area contributed by atoms with Gasteiger partial charge in [-0.2, -0.15) is 0 Å². The molecule has 0 aliphatic rings. The number of benzene rings is 1. The second-order valence-electron chi connectivity index (χ2n) is 5.36. The molecule has 1 aromatic carbocycles. The van der Waals surface area contributed by atoms with Gasteiger partial charge >= 0.3 is 0 Å². The molecule has 3 aromatic rings. The van der Waals surface area contributed by atoms with Gasteiger partial charge in [-0.3, -0.25) is 15.1 Å². The molecule has 0 saturated carbocycles. The lowest BCUT2D eigenvalue weighted by atomic mass is 10.0. The predicted molar refractivity (Wildman–Crippen MR) is 91.6 cm³/mol. The van der Waals surface area contributed by atoms with E-state index < -0.39 is 0 Å². The van der Waals surface area contributed by atoms with Crippen molar-refractivity contribution in [1.29, 1.82) is 0 Å². The van der Waals surface area contributed by atoms with Crippen molar-refractivity contribution in [3.8, 4) is 11.3 Å². The highest BCUT2D eigenvalue weighted by Crippen LogP contribution is 2.26. The zero-order valence-corrected chi connectivity index (χ0v) is 13.7. The molecule has 0 saturated heterocycles. The maximum Gasteiger partial charge on any atom is 0.277 e. The summed E-state index contributed by atoms with van der Waals surface area (Å²) in [7, 11) is 0. The van der Waals surface area contributed by atoms with Gasteiger partial charge in [0.1, 0.15) is 5.69 Å². The third kappa shape index (κ3) is 3.60. The maximum absolute atomic E-state index is 12.0. The average molecular weight is 324 g/mol. The van der Waals surface area contributed by atoms with Crippen molar-refractivity contribution < 1.29 is 4.79 Å². The van der Waals surface area contributed by atoms with E-state index in [4.69, 9.17) is 0 Å². The molecule has 0 spiro atoms. The van der Waals surface area contributed by atoms with Crippen LogP contribution >= 0.6 is 11.3 Å². The Bertz CT molecular complexity index is 797. The number of carbonyl (C=O) groups is 1. The second-order valence-corrected chi connectivity index (χ2v) is 6.22. The van der Waals surface area contributed by atoms with Crippen LogP contribution in [0.2, 0.25) is 0 Å². The third-order valence-corrected chi connectivity index (χ3v) is 4.15. The monoisotopic (exact) mass is 324 g/mol. The molecule has 6 heteroatoms. The molecule has 0 aliphatic heterocycles. The first-order chi connectivity index (χ1) is 11.1. The van der Waals surface area contributed by atoms with E-state index in [2.05, 4.69) is 58.4 Å². The molecule has 3 rings (SSSR count). The van der Waals surface area contributed by atoms with Crippen molar-refractivity contribution >= 4 is 22.4 Å². The molecule has 0 radical (unpaired) electrons. The summed E-state index contributed by atoms with van der Waals surface area (Å²) in [4.78, 5) is 24.3. The summed E-state index contributed by atoms with van der Waals surface area (Å²) in [5.74, 6) is 0.190. The van der Waals surface area contributed by atoms with E-state index in [1.54, 1.807) is 0 Å². The van der Waals surface area contributed by atoms with Gasteiger partial charge in [0.05, 0.1) is 11.9 Å². The molecule has 2 heterocycles. The SMILES string of the molecule is CC(C)c1ccc(-c2csc(NC(=O)c3cnccn3)n2)cc1. The molecule has 23 heavy (non-hydrogen) atoms. The van der Waals surface area contributed by atoms with Crippen molar-refractivity contribution in [2.75, 3.05) is 5.32 Å². The van der Waals surface area contributed by atoms with Gasteiger partial charge in [0, 0.05) is 23.3 Å². The minimum absolute atomic E-state index is 0.269. The quantitative estimate of drug-likeness (QED) is 0.788. The molecule has 2 aromatic heterocycles. The van der Waals surface area contributed by atoms with Crippen molar-refractivity contribution in [3.63, 3.8) is 0 Å². The normalized spacial score (nSPS) is 10.7. The first-order valence-electron chi connectivity index (χ1n) is 7.26. The Morgan fingerprint density at radius 1 is 1.17 bits per heavy atom. The standard InChI is InChI=1S/C17H16N4OS/c1-11(2)12-3-5-13(6-4-12)15-10-23-17(20-15)21-16(22)14-9-18-7-8-19-14/h3-11H,1-2H3,(H,20,21,22). The highest BCUT2D eigenvalue weighted by atomic mass is 32.1. The molecule has 1 N–H and O–H groups in total. The van der Waals surface area contributed by atoms with Gasteiger partial charge in [0.25, 0.3) is 5.91 Å². The Morgan fingerprint density at radius 3 is 2.61 bits per heavy atom.